The SMILES string of the molecule is Cc1nn(-c2ccccc2)c(C)c1CNC1=NCC(C)N1. The highest BCUT2D eigenvalue weighted by Crippen LogP contribution is 2.17. The Morgan fingerprint density at radius 1 is 1.29 bits per heavy atom. The minimum atomic E-state index is 0.418. The average Bonchev–Trinajstić information content (AvgIpc) is 3.02. The Kier molecular flexibility index (Phi) is 3.64. The van der Waals surface area contributed by atoms with Crippen LogP contribution >= 0.6 is 0 Å². The molecule has 0 saturated heterocycles. The standard InChI is InChI=1S/C16H21N5/c1-11-9-17-16(19-11)18-10-15-12(2)20-21(13(15)3)14-7-5-4-6-8-14/h4-8,11H,9-10H2,1-3H3,(H2,17,18,19). The number of nitrogens with one attached hydrogen (secondary N) is 2. The average molecular weight is 283 g/mol. The predicted octanol–water partition coefficient (Wildman–Crippen LogP) is 1.93. The fourth-order valence-electron chi connectivity index (χ4n) is 2.58. The molecule has 0 amide bonds. The summed E-state index contributed by atoms with van der Waals surface area (Å²) in [5.74, 6) is 0.883. The maximum Gasteiger partial charge on any atom is 0.191 e. The number of rotatable bonds is 3. The van der Waals surface area contributed by atoms with Gasteiger partial charge >= 0.3 is 0 Å². The molecule has 2 aromatic rings. The van der Waals surface area contributed by atoms with Crippen molar-refractivity contribution in [1.82, 2.24) is 20.4 Å². The third kappa shape index (κ3) is 2.77. The van der Waals surface area contributed by atoms with Crippen LogP contribution in [0.1, 0.15) is 23.9 Å². The van der Waals surface area contributed by atoms with E-state index in [1.54, 1.807) is 0 Å². The van der Waals surface area contributed by atoms with Crippen molar-refractivity contribution in [3.8, 4) is 5.69 Å². The van der Waals surface area contributed by atoms with E-state index < -0.39 is 0 Å². The van der Waals surface area contributed by atoms with Crippen LogP contribution < -0.4 is 10.6 Å². The molecule has 1 atom stereocenters. The third-order valence-electron chi connectivity index (χ3n) is 3.78. The fourth-order valence-corrected chi connectivity index (χ4v) is 2.58. The van der Waals surface area contributed by atoms with E-state index in [1.807, 2.05) is 22.9 Å². The summed E-state index contributed by atoms with van der Waals surface area (Å²) < 4.78 is 2.00. The lowest BCUT2D eigenvalue weighted by molar-refractivity contribution is 0.712. The molecule has 0 fully saturated rings. The fraction of sp³-hybridized carbons (Fsp3) is 0.375. The molecule has 0 bridgehead atoms. The van der Waals surface area contributed by atoms with Gasteiger partial charge in [0, 0.05) is 23.8 Å². The van der Waals surface area contributed by atoms with Crippen LogP contribution in [-0.2, 0) is 6.54 Å². The highest BCUT2D eigenvalue weighted by molar-refractivity contribution is 5.81. The van der Waals surface area contributed by atoms with Crippen molar-refractivity contribution in [2.45, 2.75) is 33.4 Å². The minimum Gasteiger partial charge on any atom is -0.352 e. The first-order chi connectivity index (χ1) is 10.1. The van der Waals surface area contributed by atoms with Gasteiger partial charge < -0.3 is 10.6 Å². The molecule has 1 aromatic carbocycles. The van der Waals surface area contributed by atoms with Gasteiger partial charge in [0.2, 0.25) is 0 Å². The van der Waals surface area contributed by atoms with Crippen molar-refractivity contribution < 1.29 is 0 Å². The van der Waals surface area contributed by atoms with Gasteiger partial charge in [-0.15, -0.1) is 0 Å². The van der Waals surface area contributed by atoms with Gasteiger partial charge in [0.15, 0.2) is 5.96 Å². The molecule has 1 aliphatic rings. The van der Waals surface area contributed by atoms with E-state index in [1.165, 1.54) is 5.56 Å². The van der Waals surface area contributed by atoms with Crippen molar-refractivity contribution in [3.05, 3.63) is 47.3 Å². The first-order valence-electron chi connectivity index (χ1n) is 7.30. The molecule has 0 saturated carbocycles. The molecule has 1 aromatic heterocycles. The normalized spacial score (nSPS) is 17.5. The minimum absolute atomic E-state index is 0.418. The summed E-state index contributed by atoms with van der Waals surface area (Å²) in [7, 11) is 0. The van der Waals surface area contributed by atoms with Crippen LogP contribution in [-0.4, -0.2) is 28.3 Å². The second-order valence-corrected chi connectivity index (χ2v) is 5.48. The van der Waals surface area contributed by atoms with Gasteiger partial charge in [-0.1, -0.05) is 18.2 Å². The smallest absolute Gasteiger partial charge is 0.191 e. The summed E-state index contributed by atoms with van der Waals surface area (Å²) in [4.78, 5) is 4.42. The Bertz CT molecular complexity index is 657. The maximum absolute atomic E-state index is 4.66. The molecule has 21 heavy (non-hydrogen) atoms. The van der Waals surface area contributed by atoms with Crippen LogP contribution in [0.25, 0.3) is 5.69 Å². The van der Waals surface area contributed by atoms with Crippen LogP contribution in [0.15, 0.2) is 35.3 Å². The zero-order valence-electron chi connectivity index (χ0n) is 12.7. The van der Waals surface area contributed by atoms with Gasteiger partial charge in [-0.3, -0.25) is 4.99 Å². The van der Waals surface area contributed by atoms with Gasteiger partial charge in [0.05, 0.1) is 17.9 Å². The number of hydrogen-bond acceptors (Lipinski definition) is 4. The molecule has 0 spiro atoms. The second-order valence-electron chi connectivity index (χ2n) is 5.48. The van der Waals surface area contributed by atoms with E-state index in [9.17, 15) is 0 Å². The third-order valence-corrected chi connectivity index (χ3v) is 3.78. The Morgan fingerprint density at radius 3 is 2.71 bits per heavy atom. The first kappa shape index (κ1) is 13.7. The topological polar surface area (TPSA) is 54.2 Å². The quantitative estimate of drug-likeness (QED) is 0.905. The molecule has 2 heterocycles. The van der Waals surface area contributed by atoms with Crippen LogP contribution in [0.5, 0.6) is 0 Å². The Morgan fingerprint density at radius 2 is 2.05 bits per heavy atom. The number of guanidine groups is 1. The van der Waals surface area contributed by atoms with Crippen LogP contribution in [0.3, 0.4) is 0 Å². The number of para-hydroxylation sites is 1. The number of aryl methyl sites for hydroxylation is 1. The van der Waals surface area contributed by atoms with Crippen molar-refractivity contribution >= 4 is 5.96 Å². The number of aliphatic imine (C=N–C) groups is 1. The lowest BCUT2D eigenvalue weighted by atomic mass is 10.2. The van der Waals surface area contributed by atoms with Gasteiger partial charge in [-0.05, 0) is 32.9 Å². The van der Waals surface area contributed by atoms with E-state index in [0.29, 0.717) is 6.04 Å². The molecule has 5 heteroatoms. The Labute approximate surface area is 125 Å². The Hall–Kier alpha value is -2.30. The molecular weight excluding hydrogens is 262 g/mol. The van der Waals surface area contributed by atoms with Crippen LogP contribution in [0, 0.1) is 13.8 Å². The molecule has 0 radical (unpaired) electrons. The highest BCUT2D eigenvalue weighted by atomic mass is 15.3. The number of aromatic nitrogens is 2. The lowest BCUT2D eigenvalue weighted by Crippen LogP contribution is -2.37. The summed E-state index contributed by atoms with van der Waals surface area (Å²) in [6.45, 7) is 7.86. The van der Waals surface area contributed by atoms with Crippen LogP contribution in [0.4, 0.5) is 0 Å². The summed E-state index contributed by atoms with van der Waals surface area (Å²) in [5, 5.41) is 11.3. The number of hydrogen-bond donors (Lipinski definition) is 2. The van der Waals surface area contributed by atoms with Gasteiger partial charge in [0.1, 0.15) is 0 Å². The molecule has 110 valence electrons. The van der Waals surface area contributed by atoms with Crippen molar-refractivity contribution in [3.63, 3.8) is 0 Å². The molecule has 1 unspecified atom stereocenters. The van der Waals surface area contributed by atoms with E-state index in [0.717, 1.165) is 36.1 Å². The molecular formula is C16H21N5. The maximum atomic E-state index is 4.66. The summed E-state index contributed by atoms with van der Waals surface area (Å²) >= 11 is 0. The Balaban J connectivity index is 1.79. The van der Waals surface area contributed by atoms with Crippen LogP contribution in [0.2, 0.25) is 0 Å². The largest absolute Gasteiger partial charge is 0.352 e. The van der Waals surface area contributed by atoms with Gasteiger partial charge in [0.25, 0.3) is 0 Å². The number of benzene rings is 1. The van der Waals surface area contributed by atoms with Gasteiger partial charge in [-0.2, -0.15) is 5.10 Å². The van der Waals surface area contributed by atoms with E-state index in [-0.39, 0.29) is 0 Å². The molecule has 0 aliphatic carbocycles. The van der Waals surface area contributed by atoms with E-state index >= 15 is 0 Å². The molecule has 5 nitrogen and oxygen atoms in total. The van der Waals surface area contributed by atoms with E-state index in [2.05, 4.69) is 53.6 Å². The highest BCUT2D eigenvalue weighted by Gasteiger charge is 2.15. The molecule has 1 aliphatic heterocycles. The predicted molar refractivity (Wildman–Crippen MR) is 84.8 cm³/mol. The number of nitrogens with zero attached hydrogens (tertiary/aromatic N) is 3. The molecule has 3 rings (SSSR count). The summed E-state index contributed by atoms with van der Waals surface area (Å²) in [6, 6.07) is 10.6. The van der Waals surface area contributed by atoms with E-state index in [4.69, 9.17) is 0 Å². The van der Waals surface area contributed by atoms with Crippen molar-refractivity contribution in [2.75, 3.05) is 6.54 Å². The van der Waals surface area contributed by atoms with Crippen molar-refractivity contribution in [2.24, 2.45) is 4.99 Å². The zero-order chi connectivity index (χ0) is 14.8. The molecule has 2 N–H and O–H groups in total. The van der Waals surface area contributed by atoms with Crippen molar-refractivity contribution in [1.29, 1.82) is 0 Å². The second kappa shape index (κ2) is 5.60. The lowest BCUT2D eigenvalue weighted by Gasteiger charge is -2.09. The zero-order valence-corrected chi connectivity index (χ0v) is 12.7. The summed E-state index contributed by atoms with van der Waals surface area (Å²) in [6.07, 6.45) is 0. The first-order valence-corrected chi connectivity index (χ1v) is 7.30. The summed E-state index contributed by atoms with van der Waals surface area (Å²) in [5.41, 5.74) is 4.53. The monoisotopic (exact) mass is 283 g/mol. The van der Waals surface area contributed by atoms with Gasteiger partial charge in [-0.25, -0.2) is 4.68 Å².